The van der Waals surface area contributed by atoms with Crippen molar-refractivity contribution < 1.29 is 51.1 Å². The molecular weight excluding hydrogens is 1470 g/mol. The van der Waals surface area contributed by atoms with E-state index in [1.807, 2.05) is 172 Å². The van der Waals surface area contributed by atoms with Crippen molar-refractivity contribution in [3.63, 3.8) is 0 Å². The van der Waals surface area contributed by atoms with Gasteiger partial charge in [-0.1, -0.05) is 251 Å². The first kappa shape index (κ1) is 78.3. The van der Waals surface area contributed by atoms with E-state index in [9.17, 15) is 32.1 Å². The van der Waals surface area contributed by atoms with Gasteiger partial charge in [0.25, 0.3) is 10.1 Å². The smallest absolute Gasteiger partial charge is 0.296 e. The minimum absolute atomic E-state index is 0.0143. The zero-order valence-electron chi connectivity index (χ0n) is 65.9. The van der Waals surface area contributed by atoms with Crippen molar-refractivity contribution in [2.45, 2.75) is 69.6 Å². The van der Waals surface area contributed by atoms with E-state index in [4.69, 9.17) is 18.9 Å². The molecule has 12 nitrogen and oxygen atoms in total. The van der Waals surface area contributed by atoms with Gasteiger partial charge in [0, 0.05) is 67.7 Å². The number of aryl methyl sites for hydroxylation is 3. The van der Waals surface area contributed by atoms with Crippen LogP contribution in [0, 0.1) is 20.8 Å². The molecule has 0 spiro atoms. The SMILES string of the molecule is COc1ccc(C(C)(C)c2cccc(C(C)(C)c3ccc(Oc4ccc(C(=O)c5ccc(-c6ccc(C)cc6C(=O)c6cncc(S(=O)(=O)O)c6)cc5)cc4)cc3)c2)cc1.Cc1ccc(C(=O)c2ccc(Oc3ccc(C4(c5ccc(Oc6ccc(C(=O)c7ccc(C)cc7)cc6)cc5)c5ccccc5-c5ccccc54)cc3)cc2)cc1. The summed E-state index contributed by atoms with van der Waals surface area (Å²) in [6.07, 6.45) is 2.23. The maximum atomic E-state index is 13.6. The average molecular weight is 1550 g/mol. The highest BCUT2D eigenvalue weighted by Gasteiger charge is 2.46. The summed E-state index contributed by atoms with van der Waals surface area (Å²) < 4.78 is 57.0. The van der Waals surface area contributed by atoms with Gasteiger partial charge in [-0.25, -0.2) is 0 Å². The van der Waals surface area contributed by atoms with E-state index in [1.165, 1.54) is 45.1 Å². The molecular formula is C104H83NO11S. The van der Waals surface area contributed by atoms with Crippen molar-refractivity contribution >= 4 is 33.3 Å². The summed E-state index contributed by atoms with van der Waals surface area (Å²) in [5, 5.41) is 0. The quantitative estimate of drug-likeness (QED) is 0.0475. The fourth-order valence-electron chi connectivity index (χ4n) is 15.2. The largest absolute Gasteiger partial charge is 0.497 e. The van der Waals surface area contributed by atoms with E-state index in [0.717, 1.165) is 51.4 Å². The lowest BCUT2D eigenvalue weighted by molar-refractivity contribution is 0.103. The lowest BCUT2D eigenvalue weighted by Gasteiger charge is -2.34. The molecule has 0 aliphatic heterocycles. The molecule has 15 aromatic rings. The fourth-order valence-corrected chi connectivity index (χ4v) is 15.7. The zero-order chi connectivity index (χ0) is 81.8. The normalized spacial score (nSPS) is 12.1. The van der Waals surface area contributed by atoms with Crippen LogP contribution in [0.2, 0.25) is 0 Å². The maximum absolute atomic E-state index is 13.6. The predicted molar refractivity (Wildman–Crippen MR) is 460 cm³/mol. The Balaban J connectivity index is 0.000000184. The monoisotopic (exact) mass is 1550 g/mol. The van der Waals surface area contributed by atoms with Crippen molar-refractivity contribution in [3.05, 3.63) is 458 Å². The minimum Gasteiger partial charge on any atom is -0.497 e. The number of aromatic nitrogens is 1. The van der Waals surface area contributed by atoms with Crippen LogP contribution in [0.15, 0.2) is 357 Å². The van der Waals surface area contributed by atoms with E-state index in [0.29, 0.717) is 84.6 Å². The Kier molecular flexibility index (Phi) is 22.0. The number of ketones is 4. The van der Waals surface area contributed by atoms with Gasteiger partial charge in [-0.3, -0.25) is 28.7 Å². The summed E-state index contributed by atoms with van der Waals surface area (Å²) in [5.41, 5.74) is 18.9. The third-order valence-corrected chi connectivity index (χ3v) is 22.9. The van der Waals surface area contributed by atoms with Crippen LogP contribution in [-0.2, 0) is 26.4 Å². The number of fused-ring (bicyclic) bond motifs is 3. The highest BCUT2D eigenvalue weighted by molar-refractivity contribution is 7.85. The summed E-state index contributed by atoms with van der Waals surface area (Å²) in [5.74, 6) is 4.13. The Morgan fingerprint density at radius 2 is 0.667 bits per heavy atom. The third kappa shape index (κ3) is 16.5. The van der Waals surface area contributed by atoms with Crippen LogP contribution in [-0.4, -0.2) is 48.2 Å². The summed E-state index contributed by atoms with van der Waals surface area (Å²) in [6, 6.07) is 109. The first-order valence-electron chi connectivity index (χ1n) is 38.5. The summed E-state index contributed by atoms with van der Waals surface area (Å²) in [7, 11) is -2.87. The first-order chi connectivity index (χ1) is 56.4. The van der Waals surface area contributed by atoms with E-state index in [-0.39, 0.29) is 33.7 Å². The molecule has 0 saturated carbocycles. The molecule has 1 aromatic heterocycles. The molecule has 16 rings (SSSR count). The maximum Gasteiger partial charge on any atom is 0.296 e. The number of pyridine rings is 1. The second-order valence-corrected chi connectivity index (χ2v) is 31.8. The summed E-state index contributed by atoms with van der Waals surface area (Å²) in [6.45, 7) is 14.8. The molecule has 14 aromatic carbocycles. The number of nitrogens with zero attached hydrogens (tertiary/aromatic N) is 1. The molecule has 0 radical (unpaired) electrons. The van der Waals surface area contributed by atoms with E-state index < -0.39 is 26.2 Å². The van der Waals surface area contributed by atoms with Crippen molar-refractivity contribution in [1.82, 2.24) is 4.98 Å². The van der Waals surface area contributed by atoms with Gasteiger partial charge in [-0.15, -0.1) is 0 Å². The topological polar surface area (TPSA) is 172 Å². The molecule has 1 aliphatic rings. The van der Waals surface area contributed by atoms with Crippen molar-refractivity contribution in [2.24, 2.45) is 0 Å². The van der Waals surface area contributed by atoms with E-state index >= 15 is 0 Å². The van der Waals surface area contributed by atoms with Gasteiger partial charge in [0.1, 0.15) is 45.1 Å². The van der Waals surface area contributed by atoms with Crippen molar-refractivity contribution in [3.8, 4) is 62.5 Å². The molecule has 1 N–H and O–H groups in total. The second kappa shape index (κ2) is 32.9. The van der Waals surface area contributed by atoms with Gasteiger partial charge in [0.15, 0.2) is 23.1 Å². The number of hydrogen-bond donors (Lipinski definition) is 1. The first-order valence-corrected chi connectivity index (χ1v) is 39.9. The summed E-state index contributed by atoms with van der Waals surface area (Å²) >= 11 is 0. The number of hydrogen-bond acceptors (Lipinski definition) is 11. The van der Waals surface area contributed by atoms with Crippen LogP contribution in [0.25, 0.3) is 22.3 Å². The highest BCUT2D eigenvalue weighted by Crippen LogP contribution is 2.56. The van der Waals surface area contributed by atoms with Gasteiger partial charge in [0.2, 0.25) is 0 Å². The van der Waals surface area contributed by atoms with Crippen molar-refractivity contribution in [1.29, 1.82) is 0 Å². The van der Waals surface area contributed by atoms with Crippen LogP contribution in [0.4, 0.5) is 0 Å². The fraction of sp³-hybridized carbons (Fsp3) is 0.106. The van der Waals surface area contributed by atoms with E-state index in [2.05, 4.69) is 154 Å². The number of carbonyl (C=O) groups excluding carboxylic acids is 4. The second-order valence-electron chi connectivity index (χ2n) is 30.4. The van der Waals surface area contributed by atoms with Crippen LogP contribution < -0.4 is 18.9 Å². The van der Waals surface area contributed by atoms with Crippen LogP contribution in [0.3, 0.4) is 0 Å². The van der Waals surface area contributed by atoms with Gasteiger partial charge in [-0.2, -0.15) is 8.42 Å². The van der Waals surface area contributed by atoms with Crippen LogP contribution >= 0.6 is 0 Å². The molecule has 0 atom stereocenters. The van der Waals surface area contributed by atoms with Crippen LogP contribution in [0.5, 0.6) is 40.2 Å². The molecule has 0 fully saturated rings. The van der Waals surface area contributed by atoms with Gasteiger partial charge in [-0.05, 0) is 221 Å². The van der Waals surface area contributed by atoms with E-state index in [1.54, 1.807) is 67.8 Å². The Hall–Kier alpha value is -14.0. The lowest BCUT2D eigenvalue weighted by Crippen LogP contribution is -2.28. The molecule has 1 heterocycles. The molecule has 1 aliphatic carbocycles. The molecule has 0 saturated heterocycles. The zero-order valence-corrected chi connectivity index (χ0v) is 66.7. The Labute approximate surface area is 682 Å². The third-order valence-electron chi connectivity index (χ3n) is 22.1. The number of benzene rings is 14. The number of carbonyl (C=O) groups is 4. The average Bonchev–Trinajstić information content (AvgIpc) is 1.54. The Morgan fingerprint density at radius 3 is 1.05 bits per heavy atom. The van der Waals surface area contributed by atoms with Crippen LogP contribution in [0.1, 0.15) is 153 Å². The molecule has 117 heavy (non-hydrogen) atoms. The minimum atomic E-state index is -4.55. The molecule has 0 amide bonds. The van der Waals surface area contributed by atoms with Gasteiger partial charge >= 0.3 is 0 Å². The summed E-state index contributed by atoms with van der Waals surface area (Å²) in [4.78, 5) is 56.6. The molecule has 0 bridgehead atoms. The lowest BCUT2D eigenvalue weighted by atomic mass is 9.68. The number of ether oxygens (including phenoxy) is 4. The Morgan fingerprint density at radius 1 is 0.325 bits per heavy atom. The molecule has 13 heteroatoms. The Bertz CT molecular complexity index is 6130. The standard InChI is InChI=1S/C53H38O4.C51H45NO7S/c1-35-11-15-37(16-12-35)51(54)39-19-27-43(28-20-39)56-45-31-23-41(24-32-45)53(49-9-5-3-7-47(49)48-8-4-6-10-50(48)53)42-25-33-46(34-26-42)57-44-29-21-40(22-30-44)52(55)38-17-13-36(2)14-18-38;1-33-10-27-46(47(28-33)49(54)37-29-45(32-52-31-37)60(55,56)57)34-11-13-35(14-12-34)48(53)36-15-21-43(22-16-36)59-44-25-19-39(20-26-44)51(4,5)41-9-7-8-40(30-41)50(2,3)38-17-23-42(58-6)24-18-38/h3-34H,1-2H3;7-32H,1-6H3,(H,55,56,57). The van der Waals surface area contributed by atoms with Gasteiger partial charge < -0.3 is 18.9 Å². The number of methoxy groups -OCH3 is 1. The molecule has 576 valence electrons. The van der Waals surface area contributed by atoms with Crippen molar-refractivity contribution in [2.75, 3.05) is 7.11 Å². The highest BCUT2D eigenvalue weighted by atomic mass is 32.2. The van der Waals surface area contributed by atoms with Gasteiger partial charge in [0.05, 0.1) is 12.5 Å². The predicted octanol–water partition coefficient (Wildman–Crippen LogP) is 23.9. The number of rotatable bonds is 23. The molecule has 0 unspecified atom stereocenters.